The van der Waals surface area contributed by atoms with E-state index < -0.39 is 21.2 Å². The summed E-state index contributed by atoms with van der Waals surface area (Å²) in [7, 11) is -3.73. The Balaban J connectivity index is 1.71. The molecule has 2 aliphatic heterocycles. The van der Waals surface area contributed by atoms with Crippen molar-refractivity contribution in [3.8, 4) is 0 Å². The van der Waals surface area contributed by atoms with Crippen LogP contribution in [0, 0.1) is 0 Å². The lowest BCUT2D eigenvalue weighted by molar-refractivity contribution is -0.115. The monoisotopic (exact) mass is 352 g/mol. The molecule has 2 heterocycles. The predicted octanol–water partition coefficient (Wildman–Crippen LogP) is 1.33. The molecule has 3 N–H and O–H groups in total. The molecule has 1 unspecified atom stereocenters. The van der Waals surface area contributed by atoms with Crippen LogP contribution in [0.25, 0.3) is 5.76 Å². The summed E-state index contributed by atoms with van der Waals surface area (Å²) in [5.74, 6) is 0.164. The van der Waals surface area contributed by atoms with Crippen LogP contribution in [0.5, 0.6) is 0 Å². The Labute approximate surface area is 136 Å². The number of carbonyl (C=O) groups excluding carboxylic acids is 2. The average molecular weight is 352 g/mol. The summed E-state index contributed by atoms with van der Waals surface area (Å²) in [5, 5.41) is 6.83. The lowest BCUT2D eigenvalue weighted by Crippen LogP contribution is -2.18. The van der Waals surface area contributed by atoms with Crippen molar-refractivity contribution in [3.05, 3.63) is 46.9 Å². The fourth-order valence-corrected chi connectivity index (χ4v) is 3.41. The van der Waals surface area contributed by atoms with Gasteiger partial charge >= 0.3 is 0 Å². The van der Waals surface area contributed by atoms with E-state index in [0.29, 0.717) is 22.6 Å². The first-order valence-electron chi connectivity index (χ1n) is 6.58. The number of rotatable bonds is 3. The smallest absolute Gasteiger partial charge is 0.290 e. The number of hydrogen-bond acceptors (Lipinski definition) is 6. The number of thioether (sulfide) groups is 1. The van der Waals surface area contributed by atoms with Crippen molar-refractivity contribution in [2.45, 2.75) is 17.4 Å². The highest BCUT2D eigenvalue weighted by Crippen LogP contribution is 2.31. The van der Waals surface area contributed by atoms with Gasteiger partial charge in [-0.05, 0) is 48.2 Å². The number of amides is 2. The Bertz CT molecular complexity index is 840. The van der Waals surface area contributed by atoms with E-state index in [9.17, 15) is 18.0 Å². The van der Waals surface area contributed by atoms with Crippen molar-refractivity contribution in [2.24, 2.45) is 5.14 Å². The van der Waals surface area contributed by atoms with Gasteiger partial charge in [-0.3, -0.25) is 14.9 Å². The van der Waals surface area contributed by atoms with Crippen molar-refractivity contribution in [2.75, 3.05) is 0 Å². The number of benzene rings is 1. The third-order valence-corrected chi connectivity index (χ3v) is 5.02. The highest BCUT2D eigenvalue weighted by molar-refractivity contribution is 8.18. The van der Waals surface area contributed by atoms with Gasteiger partial charge in [0.1, 0.15) is 11.9 Å². The Morgan fingerprint density at radius 1 is 1.26 bits per heavy atom. The van der Waals surface area contributed by atoms with E-state index in [-0.39, 0.29) is 11.0 Å². The van der Waals surface area contributed by atoms with E-state index in [1.54, 1.807) is 18.2 Å². The Morgan fingerprint density at radius 3 is 2.52 bits per heavy atom. The van der Waals surface area contributed by atoms with E-state index in [0.717, 1.165) is 11.8 Å². The van der Waals surface area contributed by atoms with E-state index >= 15 is 0 Å². The molecule has 1 saturated heterocycles. The number of sulfonamides is 1. The summed E-state index contributed by atoms with van der Waals surface area (Å²) >= 11 is 0.840. The highest BCUT2D eigenvalue weighted by Gasteiger charge is 2.28. The summed E-state index contributed by atoms with van der Waals surface area (Å²) in [5.41, 5.74) is 0.706. The third-order valence-electron chi connectivity index (χ3n) is 3.26. The van der Waals surface area contributed by atoms with Crippen molar-refractivity contribution < 1.29 is 22.7 Å². The number of carbonyl (C=O) groups is 2. The number of nitrogens with one attached hydrogen (secondary N) is 1. The van der Waals surface area contributed by atoms with Crippen molar-refractivity contribution in [3.63, 3.8) is 0 Å². The molecule has 9 heteroatoms. The van der Waals surface area contributed by atoms with Crippen LogP contribution in [-0.2, 0) is 19.6 Å². The van der Waals surface area contributed by atoms with Crippen LogP contribution in [0.2, 0.25) is 0 Å². The van der Waals surface area contributed by atoms with E-state index in [1.165, 1.54) is 12.1 Å². The molecule has 1 aromatic carbocycles. The van der Waals surface area contributed by atoms with Crippen LogP contribution >= 0.6 is 11.8 Å². The van der Waals surface area contributed by atoms with Gasteiger partial charge in [-0.25, -0.2) is 13.6 Å². The number of ether oxygens (including phenoxy) is 1. The topological polar surface area (TPSA) is 116 Å². The fraction of sp³-hybridized carbons (Fsp3) is 0.143. The van der Waals surface area contributed by atoms with Gasteiger partial charge in [0.15, 0.2) is 0 Å². The van der Waals surface area contributed by atoms with E-state index in [4.69, 9.17) is 9.88 Å². The van der Waals surface area contributed by atoms with Crippen molar-refractivity contribution >= 4 is 38.7 Å². The van der Waals surface area contributed by atoms with Gasteiger partial charge in [0, 0.05) is 12.0 Å². The molecule has 120 valence electrons. The molecule has 1 atom stereocenters. The quantitative estimate of drug-likeness (QED) is 0.793. The van der Waals surface area contributed by atoms with Crippen LogP contribution in [0.4, 0.5) is 4.79 Å². The van der Waals surface area contributed by atoms with E-state index in [1.807, 2.05) is 6.08 Å². The summed E-state index contributed by atoms with van der Waals surface area (Å²) < 4.78 is 28.2. The minimum Gasteiger partial charge on any atom is -0.486 e. The zero-order valence-corrected chi connectivity index (χ0v) is 13.3. The van der Waals surface area contributed by atoms with Crippen LogP contribution in [0.3, 0.4) is 0 Å². The van der Waals surface area contributed by atoms with Crippen LogP contribution in [0.1, 0.15) is 12.0 Å². The van der Waals surface area contributed by atoms with Gasteiger partial charge < -0.3 is 4.74 Å². The second-order valence-corrected chi connectivity index (χ2v) is 7.48. The molecule has 1 aromatic rings. The lowest BCUT2D eigenvalue weighted by atomic mass is 10.2. The Kier molecular flexibility index (Phi) is 4.00. The number of primary sulfonamides is 1. The maximum Gasteiger partial charge on any atom is 0.290 e. The first kappa shape index (κ1) is 15.8. The summed E-state index contributed by atoms with van der Waals surface area (Å²) in [4.78, 5) is 22.9. The van der Waals surface area contributed by atoms with Crippen LogP contribution in [-0.4, -0.2) is 25.7 Å². The summed E-state index contributed by atoms with van der Waals surface area (Å²) in [6.45, 7) is 0. The first-order chi connectivity index (χ1) is 10.8. The molecule has 0 radical (unpaired) electrons. The van der Waals surface area contributed by atoms with Gasteiger partial charge in [0.05, 0.1) is 9.80 Å². The van der Waals surface area contributed by atoms with Gasteiger partial charge in [0.25, 0.3) is 11.1 Å². The number of imide groups is 1. The molecule has 2 aliphatic rings. The summed E-state index contributed by atoms with van der Waals surface area (Å²) in [6.07, 6.45) is 3.65. The first-order valence-corrected chi connectivity index (χ1v) is 8.94. The number of hydrogen-bond donors (Lipinski definition) is 2. The molecule has 0 spiro atoms. The van der Waals surface area contributed by atoms with Gasteiger partial charge in [-0.1, -0.05) is 0 Å². The molecule has 0 aromatic heterocycles. The second kappa shape index (κ2) is 5.84. The number of nitrogens with two attached hydrogens (primary N) is 1. The molecule has 0 aliphatic carbocycles. The molecule has 1 fully saturated rings. The predicted molar refractivity (Wildman–Crippen MR) is 84.5 cm³/mol. The molecular formula is C14H12N2O5S2. The standard InChI is InChI=1S/C14H12N2O5S2/c15-23(19,20)10-4-1-8(2-5-10)11-6-3-9(21-11)7-12-13(17)16-14(18)22-12/h1-2,4-7,9H,3H2,(H2,15,19,20)(H,16,17,18)/b12-7-. The largest absolute Gasteiger partial charge is 0.486 e. The average Bonchev–Trinajstić information content (AvgIpc) is 3.06. The second-order valence-electron chi connectivity index (χ2n) is 4.90. The Morgan fingerprint density at radius 2 is 1.96 bits per heavy atom. The lowest BCUT2D eigenvalue weighted by Gasteiger charge is -2.10. The zero-order valence-electron chi connectivity index (χ0n) is 11.7. The van der Waals surface area contributed by atoms with Crippen molar-refractivity contribution in [1.29, 1.82) is 0 Å². The molecule has 23 heavy (non-hydrogen) atoms. The highest BCUT2D eigenvalue weighted by atomic mass is 32.2. The molecule has 2 amide bonds. The van der Waals surface area contributed by atoms with Crippen LogP contribution in [0.15, 0.2) is 46.2 Å². The van der Waals surface area contributed by atoms with E-state index in [2.05, 4.69) is 5.32 Å². The maximum atomic E-state index is 11.5. The molecule has 7 nitrogen and oxygen atoms in total. The molecular weight excluding hydrogens is 340 g/mol. The Hall–Kier alpha value is -2.10. The normalized spacial score (nSPS) is 22.9. The van der Waals surface area contributed by atoms with Gasteiger partial charge in [0.2, 0.25) is 10.0 Å². The maximum absolute atomic E-state index is 11.5. The van der Waals surface area contributed by atoms with Crippen LogP contribution < -0.4 is 10.5 Å². The molecule has 0 saturated carbocycles. The van der Waals surface area contributed by atoms with Gasteiger partial charge in [-0.15, -0.1) is 0 Å². The molecule has 3 rings (SSSR count). The minimum absolute atomic E-state index is 0.0241. The third kappa shape index (κ3) is 3.46. The fourth-order valence-electron chi connectivity index (χ4n) is 2.18. The summed E-state index contributed by atoms with van der Waals surface area (Å²) in [6, 6.07) is 6.00. The zero-order chi connectivity index (χ0) is 16.6. The SMILES string of the molecule is NS(=O)(=O)c1ccc(C2=CCC(/C=C3\SC(=O)NC3=O)O2)cc1. The van der Waals surface area contributed by atoms with Gasteiger partial charge in [-0.2, -0.15) is 0 Å². The molecule has 0 bridgehead atoms. The minimum atomic E-state index is -3.73. The van der Waals surface area contributed by atoms with Crippen molar-refractivity contribution in [1.82, 2.24) is 5.32 Å².